The number of rotatable bonds is 5. The van der Waals surface area contributed by atoms with Crippen LogP contribution in [0.25, 0.3) is 0 Å². The molecular weight excluding hydrogens is 375 g/mol. The van der Waals surface area contributed by atoms with Gasteiger partial charge in [-0.05, 0) is 50.5 Å². The highest BCUT2D eigenvalue weighted by Crippen LogP contribution is 2.29. The summed E-state index contributed by atoms with van der Waals surface area (Å²) in [4.78, 5) is 0. The third-order valence-electron chi connectivity index (χ3n) is 2.08. The van der Waals surface area contributed by atoms with Gasteiger partial charge in [0.15, 0.2) is 0 Å². The second-order valence-corrected chi connectivity index (χ2v) is 7.64. The lowest BCUT2D eigenvalue weighted by Gasteiger charge is -2.08. The Bertz CT molecular complexity index is 288. The summed E-state index contributed by atoms with van der Waals surface area (Å²) in [5.74, 6) is 0.659. The van der Waals surface area contributed by atoms with Crippen molar-refractivity contribution in [3.63, 3.8) is 0 Å². The van der Waals surface area contributed by atoms with Gasteiger partial charge in [-0.15, -0.1) is 11.3 Å². The molecule has 0 radical (unpaired) electrons. The maximum atomic E-state index is 5.64. The first-order valence-electron chi connectivity index (χ1n) is 4.65. The van der Waals surface area contributed by atoms with Crippen LogP contribution in [-0.2, 0) is 11.3 Å². The molecule has 0 spiro atoms. The van der Waals surface area contributed by atoms with Gasteiger partial charge in [0, 0.05) is 12.2 Å². The van der Waals surface area contributed by atoms with Crippen LogP contribution in [0.5, 0.6) is 0 Å². The first-order valence-corrected chi connectivity index (χ1v) is 7.33. The second-order valence-electron chi connectivity index (χ2n) is 3.38. The van der Waals surface area contributed by atoms with Crippen LogP contribution in [0.15, 0.2) is 9.85 Å². The van der Waals surface area contributed by atoms with E-state index in [1.54, 1.807) is 11.3 Å². The number of hydrogen-bond donors (Lipinski definition) is 0. The molecule has 0 aromatic carbocycles. The maximum Gasteiger partial charge on any atom is 0.0764 e. The van der Waals surface area contributed by atoms with Crippen molar-refractivity contribution >= 4 is 49.9 Å². The third kappa shape index (κ3) is 4.16. The Morgan fingerprint density at radius 1 is 1.64 bits per heavy atom. The molecule has 0 saturated heterocycles. The molecule has 1 aromatic rings. The predicted molar refractivity (Wildman–Crippen MR) is 73.8 cm³/mol. The van der Waals surface area contributed by atoms with Gasteiger partial charge in [0.25, 0.3) is 0 Å². The number of thiophene rings is 1. The minimum atomic E-state index is 0.659. The summed E-state index contributed by atoms with van der Waals surface area (Å²) in [7, 11) is 0. The molecule has 1 heterocycles. The first-order chi connectivity index (χ1) is 6.63. The van der Waals surface area contributed by atoms with E-state index in [-0.39, 0.29) is 0 Å². The van der Waals surface area contributed by atoms with E-state index in [0.717, 1.165) is 13.2 Å². The van der Waals surface area contributed by atoms with Crippen LogP contribution >= 0.6 is 49.9 Å². The van der Waals surface area contributed by atoms with Crippen LogP contribution in [0.3, 0.4) is 0 Å². The van der Waals surface area contributed by atoms with Crippen molar-refractivity contribution in [2.45, 2.75) is 26.9 Å². The molecule has 4 heteroatoms. The van der Waals surface area contributed by atoms with Crippen molar-refractivity contribution in [3.05, 3.63) is 18.3 Å². The van der Waals surface area contributed by atoms with E-state index < -0.39 is 0 Å². The van der Waals surface area contributed by atoms with Gasteiger partial charge in [0.2, 0.25) is 0 Å². The van der Waals surface area contributed by atoms with Gasteiger partial charge in [-0.2, -0.15) is 0 Å². The minimum Gasteiger partial charge on any atom is -0.376 e. The van der Waals surface area contributed by atoms with Crippen LogP contribution in [0.1, 0.15) is 25.8 Å². The smallest absolute Gasteiger partial charge is 0.0764 e. The van der Waals surface area contributed by atoms with E-state index in [4.69, 9.17) is 4.74 Å². The fraction of sp³-hybridized carbons (Fsp3) is 0.600. The zero-order chi connectivity index (χ0) is 10.6. The molecule has 14 heavy (non-hydrogen) atoms. The zero-order valence-electron chi connectivity index (χ0n) is 8.35. The highest BCUT2D eigenvalue weighted by Gasteiger charge is 2.05. The topological polar surface area (TPSA) is 9.23 Å². The molecule has 1 rings (SSSR count). The molecule has 0 saturated carbocycles. The largest absolute Gasteiger partial charge is 0.376 e. The molecule has 0 aliphatic heterocycles. The predicted octanol–water partition coefficient (Wildman–Crippen LogP) is 4.68. The van der Waals surface area contributed by atoms with Crippen LogP contribution < -0.4 is 0 Å². The Morgan fingerprint density at radius 3 is 2.86 bits per heavy atom. The van der Waals surface area contributed by atoms with E-state index in [9.17, 15) is 0 Å². The third-order valence-corrected chi connectivity index (χ3v) is 4.81. The average molecular weight is 389 g/mol. The molecule has 0 N–H and O–H groups in total. The van der Waals surface area contributed by atoms with Crippen molar-refractivity contribution in [2.24, 2.45) is 5.92 Å². The lowest BCUT2D eigenvalue weighted by Crippen LogP contribution is -2.04. The van der Waals surface area contributed by atoms with Crippen LogP contribution in [-0.4, -0.2) is 6.61 Å². The van der Waals surface area contributed by atoms with E-state index in [1.807, 2.05) is 0 Å². The SMILES string of the molecule is CC[C@H](C)COCc1cc(I)sc1Br. The van der Waals surface area contributed by atoms with E-state index in [1.165, 1.54) is 18.7 Å². The normalized spacial score (nSPS) is 13.1. The lowest BCUT2D eigenvalue weighted by molar-refractivity contribution is 0.0909. The Balaban J connectivity index is 2.34. The zero-order valence-corrected chi connectivity index (χ0v) is 12.9. The highest BCUT2D eigenvalue weighted by molar-refractivity contribution is 14.1. The second kappa shape index (κ2) is 6.45. The summed E-state index contributed by atoms with van der Waals surface area (Å²) in [5.41, 5.74) is 1.27. The van der Waals surface area contributed by atoms with Crippen molar-refractivity contribution in [2.75, 3.05) is 6.61 Å². The van der Waals surface area contributed by atoms with Gasteiger partial charge >= 0.3 is 0 Å². The monoisotopic (exact) mass is 388 g/mol. The van der Waals surface area contributed by atoms with Gasteiger partial charge in [0.1, 0.15) is 0 Å². The van der Waals surface area contributed by atoms with Crippen molar-refractivity contribution in [1.29, 1.82) is 0 Å². The summed E-state index contributed by atoms with van der Waals surface area (Å²) in [6.45, 7) is 5.99. The quantitative estimate of drug-likeness (QED) is 0.665. The van der Waals surface area contributed by atoms with Crippen molar-refractivity contribution in [1.82, 2.24) is 0 Å². The van der Waals surface area contributed by atoms with Crippen molar-refractivity contribution < 1.29 is 4.74 Å². The molecule has 1 aromatic heterocycles. The van der Waals surface area contributed by atoms with Crippen LogP contribution in [0.2, 0.25) is 0 Å². The molecule has 0 bridgehead atoms. The van der Waals surface area contributed by atoms with Gasteiger partial charge in [-0.25, -0.2) is 0 Å². The van der Waals surface area contributed by atoms with E-state index >= 15 is 0 Å². The van der Waals surface area contributed by atoms with Gasteiger partial charge in [0.05, 0.1) is 13.3 Å². The van der Waals surface area contributed by atoms with Crippen LogP contribution in [0, 0.1) is 8.80 Å². The molecule has 0 aliphatic carbocycles. The molecule has 80 valence electrons. The Morgan fingerprint density at radius 2 is 2.36 bits per heavy atom. The van der Waals surface area contributed by atoms with Gasteiger partial charge < -0.3 is 4.74 Å². The highest BCUT2D eigenvalue weighted by atomic mass is 127. The maximum absolute atomic E-state index is 5.64. The first kappa shape index (κ1) is 12.9. The molecule has 0 fully saturated rings. The molecule has 0 unspecified atom stereocenters. The van der Waals surface area contributed by atoms with Crippen molar-refractivity contribution in [3.8, 4) is 0 Å². The summed E-state index contributed by atoms with van der Waals surface area (Å²) in [5, 5.41) is 0. The Kier molecular flexibility index (Phi) is 5.96. The summed E-state index contributed by atoms with van der Waals surface area (Å²) in [6.07, 6.45) is 1.18. The molecular formula is C10H14BrIOS. The number of ether oxygens (including phenoxy) is 1. The Hall–Kier alpha value is 0.870. The van der Waals surface area contributed by atoms with E-state index in [0.29, 0.717) is 5.92 Å². The fourth-order valence-electron chi connectivity index (χ4n) is 0.961. The average Bonchev–Trinajstić information content (AvgIpc) is 2.45. The summed E-state index contributed by atoms with van der Waals surface area (Å²) < 4.78 is 8.14. The van der Waals surface area contributed by atoms with Crippen LogP contribution in [0.4, 0.5) is 0 Å². The lowest BCUT2D eigenvalue weighted by atomic mass is 10.1. The van der Waals surface area contributed by atoms with E-state index in [2.05, 4.69) is 58.4 Å². The summed E-state index contributed by atoms with van der Waals surface area (Å²) >= 11 is 7.62. The molecule has 0 amide bonds. The number of hydrogen-bond acceptors (Lipinski definition) is 2. The minimum absolute atomic E-state index is 0.659. The fourth-order valence-corrected chi connectivity index (χ4v) is 4.28. The van der Waals surface area contributed by atoms with Gasteiger partial charge in [-0.3, -0.25) is 0 Å². The molecule has 1 nitrogen and oxygen atoms in total. The standard InChI is InChI=1S/C10H14BrIOS/c1-3-7(2)5-13-6-8-4-9(12)14-10(8)11/h4,7H,3,5-6H2,1-2H3/t7-/m0/s1. The number of halogens is 2. The summed E-state index contributed by atoms with van der Waals surface area (Å²) in [6, 6.07) is 2.17. The molecule has 1 atom stereocenters. The molecule has 0 aliphatic rings. The van der Waals surface area contributed by atoms with Gasteiger partial charge in [-0.1, -0.05) is 20.3 Å². The Labute approximate surface area is 112 Å².